The number of fused-ring (bicyclic) bond motifs is 2. The molecule has 5 rings (SSSR count). The van der Waals surface area contributed by atoms with E-state index in [1.165, 1.54) is 4.90 Å². The van der Waals surface area contributed by atoms with Crippen molar-refractivity contribution in [1.29, 1.82) is 0 Å². The number of nitrogens with one attached hydrogen (secondary N) is 1. The van der Waals surface area contributed by atoms with Gasteiger partial charge in [0.05, 0.1) is 38.9 Å². The first-order valence-electron chi connectivity index (χ1n) is 20.3. The van der Waals surface area contributed by atoms with Crippen LogP contribution in [0.2, 0.25) is 0 Å². The van der Waals surface area contributed by atoms with Gasteiger partial charge in [0.2, 0.25) is 28.6 Å². The molecule has 3 aromatic carbocycles. The van der Waals surface area contributed by atoms with Crippen molar-refractivity contribution in [3.63, 3.8) is 0 Å². The molecule has 1 aliphatic carbocycles. The fraction of sp³-hybridized carbons (Fsp3) is 0.348. The van der Waals surface area contributed by atoms with Gasteiger partial charge in [-0.25, -0.2) is 13.4 Å². The van der Waals surface area contributed by atoms with E-state index in [2.05, 4.69) is 49.1 Å². The molecule has 0 fully saturated rings. The standard InChI is InChI=1S/C46H50F4N4O7/c1-6-40(55)51-20-23-58-25-26-59-24-22-54(21-19-41(56)61-45-43(49)36(47)29-37(48)44(45)50)46(57)33-14-12-11-13-32(33)42-34-17-15-30(52(7-2)8-3)27-38(34)60-39-28-31(16-18-35(39)42)53(9-4)10-5/h6,11-18,27-29H,1,7-10,19-26H2,2-5H3/p+1. The second-order valence-electron chi connectivity index (χ2n) is 13.8. The Kier molecular flexibility index (Phi) is 16.6. The topological polar surface area (TPSA) is 114 Å². The molecule has 0 saturated heterocycles. The van der Waals surface area contributed by atoms with E-state index in [4.69, 9.17) is 18.6 Å². The third-order valence-corrected chi connectivity index (χ3v) is 10.1. The van der Waals surface area contributed by atoms with Gasteiger partial charge in [0.25, 0.3) is 5.91 Å². The second-order valence-corrected chi connectivity index (χ2v) is 13.8. The molecule has 0 saturated carbocycles. The minimum absolute atomic E-state index is 0.00375. The van der Waals surface area contributed by atoms with Crippen LogP contribution in [0, 0.1) is 23.3 Å². The number of esters is 1. The first kappa shape index (κ1) is 46.0. The number of amides is 2. The lowest BCUT2D eigenvalue weighted by Gasteiger charge is -2.25. The molecule has 0 atom stereocenters. The first-order valence-corrected chi connectivity index (χ1v) is 20.3. The van der Waals surface area contributed by atoms with Gasteiger partial charge in [-0.05, 0) is 63.6 Å². The minimum atomic E-state index is -1.87. The number of anilines is 1. The van der Waals surface area contributed by atoms with Crippen LogP contribution in [0.15, 0.2) is 83.8 Å². The van der Waals surface area contributed by atoms with Crippen LogP contribution in [0.1, 0.15) is 44.5 Å². The molecule has 1 heterocycles. The quantitative estimate of drug-likeness (QED) is 0.0121. The predicted octanol–water partition coefficient (Wildman–Crippen LogP) is 7.19. The van der Waals surface area contributed by atoms with E-state index in [1.54, 1.807) is 12.1 Å². The maximum Gasteiger partial charge on any atom is 0.313 e. The van der Waals surface area contributed by atoms with Crippen LogP contribution in [-0.2, 0) is 19.1 Å². The van der Waals surface area contributed by atoms with E-state index in [0.717, 1.165) is 59.8 Å². The number of rotatable bonds is 21. The first-order chi connectivity index (χ1) is 29.4. The van der Waals surface area contributed by atoms with Gasteiger partial charge in [-0.15, -0.1) is 0 Å². The van der Waals surface area contributed by atoms with Crippen LogP contribution < -0.4 is 24.9 Å². The molecular formula is C46H51F4N4O7+. The molecule has 0 bridgehead atoms. The minimum Gasteiger partial charge on any atom is -0.456 e. The van der Waals surface area contributed by atoms with Crippen LogP contribution in [0.3, 0.4) is 0 Å². The van der Waals surface area contributed by atoms with E-state index in [0.29, 0.717) is 16.9 Å². The van der Waals surface area contributed by atoms with Gasteiger partial charge in [0.1, 0.15) is 24.4 Å². The molecular weight excluding hydrogens is 797 g/mol. The molecule has 15 heteroatoms. The molecule has 3 aromatic rings. The molecule has 61 heavy (non-hydrogen) atoms. The highest BCUT2D eigenvalue weighted by Gasteiger charge is 2.27. The van der Waals surface area contributed by atoms with E-state index in [9.17, 15) is 31.9 Å². The number of benzene rings is 4. The summed E-state index contributed by atoms with van der Waals surface area (Å²) in [5.41, 5.74) is 3.94. The Balaban J connectivity index is 1.50. The summed E-state index contributed by atoms with van der Waals surface area (Å²) in [4.78, 5) is 42.6. The van der Waals surface area contributed by atoms with Gasteiger partial charge < -0.3 is 33.7 Å². The maximum atomic E-state index is 14.7. The summed E-state index contributed by atoms with van der Waals surface area (Å²) in [5, 5.41) is 4.32. The number of hydrogen-bond donors (Lipinski definition) is 1. The zero-order valence-corrected chi connectivity index (χ0v) is 34.8. The van der Waals surface area contributed by atoms with Crippen molar-refractivity contribution in [2.24, 2.45) is 0 Å². The average molecular weight is 848 g/mol. The van der Waals surface area contributed by atoms with Crippen molar-refractivity contribution in [1.82, 2.24) is 14.8 Å². The Morgan fingerprint density at radius 1 is 0.803 bits per heavy atom. The zero-order valence-electron chi connectivity index (χ0n) is 34.8. The summed E-state index contributed by atoms with van der Waals surface area (Å²) >= 11 is 0. The Bertz CT molecular complexity index is 2370. The molecule has 1 N–H and O–H groups in total. The molecule has 0 unspecified atom stereocenters. The maximum absolute atomic E-state index is 14.7. The average Bonchev–Trinajstić information content (AvgIpc) is 3.27. The Hall–Kier alpha value is -6.06. The number of ether oxygens (including phenoxy) is 3. The van der Waals surface area contributed by atoms with Gasteiger partial charge in [-0.3, -0.25) is 14.4 Å². The van der Waals surface area contributed by atoms with E-state index >= 15 is 0 Å². The molecule has 324 valence electrons. The van der Waals surface area contributed by atoms with Gasteiger partial charge in [-0.1, -0.05) is 24.8 Å². The van der Waals surface area contributed by atoms with Crippen LogP contribution in [-0.4, -0.2) is 94.9 Å². The van der Waals surface area contributed by atoms with Crippen molar-refractivity contribution < 1.29 is 50.6 Å². The summed E-state index contributed by atoms with van der Waals surface area (Å²) in [7, 11) is 0. The summed E-state index contributed by atoms with van der Waals surface area (Å²) in [6.45, 7) is 15.3. The number of carbonyl (C=O) groups excluding carboxylic acids is 3. The second kappa shape index (κ2) is 22.0. The van der Waals surface area contributed by atoms with Crippen LogP contribution in [0.25, 0.3) is 33.4 Å². The van der Waals surface area contributed by atoms with E-state index in [1.807, 2.05) is 48.5 Å². The van der Waals surface area contributed by atoms with E-state index in [-0.39, 0.29) is 63.6 Å². The van der Waals surface area contributed by atoms with Gasteiger partial charge >= 0.3 is 5.97 Å². The fourth-order valence-corrected chi connectivity index (χ4v) is 6.95. The fourth-order valence-electron chi connectivity index (χ4n) is 6.95. The van der Waals surface area contributed by atoms with Gasteiger partial charge in [0, 0.05) is 78.7 Å². The van der Waals surface area contributed by atoms with Crippen LogP contribution in [0.5, 0.6) is 5.75 Å². The SMILES string of the molecule is C=CC(=O)NCCOCCOCCN(CCC(=O)Oc1c(F)c(F)cc(F)c1F)C(=O)c1ccccc1-c1c2ccc(=[N+](CC)CC)cc-2oc2cc(N(CC)CC)ccc12. The van der Waals surface area contributed by atoms with Crippen molar-refractivity contribution in [2.45, 2.75) is 34.1 Å². The summed E-state index contributed by atoms with van der Waals surface area (Å²) < 4.78 is 81.3. The molecule has 2 amide bonds. The molecule has 1 aliphatic heterocycles. The van der Waals surface area contributed by atoms with Crippen molar-refractivity contribution in [3.8, 4) is 28.2 Å². The Morgan fingerprint density at radius 2 is 1.49 bits per heavy atom. The lowest BCUT2D eigenvalue weighted by molar-refractivity contribution is -0.135. The number of nitrogens with zero attached hydrogens (tertiary/aromatic N) is 3. The predicted molar refractivity (Wildman–Crippen MR) is 225 cm³/mol. The Morgan fingerprint density at radius 3 is 2.16 bits per heavy atom. The lowest BCUT2D eigenvalue weighted by atomic mass is 9.90. The highest BCUT2D eigenvalue weighted by Crippen LogP contribution is 2.42. The normalized spacial score (nSPS) is 11.1. The third kappa shape index (κ3) is 11.2. The van der Waals surface area contributed by atoms with Crippen LogP contribution in [0.4, 0.5) is 23.2 Å². The largest absolute Gasteiger partial charge is 0.456 e. The molecule has 0 radical (unpaired) electrons. The molecule has 11 nitrogen and oxygen atoms in total. The summed E-state index contributed by atoms with van der Waals surface area (Å²) in [6.07, 6.45) is 0.556. The molecule has 0 spiro atoms. The smallest absolute Gasteiger partial charge is 0.313 e. The highest BCUT2D eigenvalue weighted by atomic mass is 19.2. The van der Waals surface area contributed by atoms with E-state index < -0.39 is 47.3 Å². The third-order valence-electron chi connectivity index (χ3n) is 10.1. The van der Waals surface area contributed by atoms with Crippen LogP contribution >= 0.6 is 0 Å². The molecule has 2 aliphatic rings. The van der Waals surface area contributed by atoms with Crippen molar-refractivity contribution >= 4 is 34.4 Å². The highest BCUT2D eigenvalue weighted by molar-refractivity contribution is 6.09. The monoisotopic (exact) mass is 847 g/mol. The van der Waals surface area contributed by atoms with Gasteiger partial charge in [-0.2, -0.15) is 8.78 Å². The zero-order chi connectivity index (χ0) is 44.1. The number of halogens is 4. The van der Waals surface area contributed by atoms with Gasteiger partial charge in [0.15, 0.2) is 11.6 Å². The molecule has 0 aromatic heterocycles. The number of hydrogen-bond acceptors (Lipinski definition) is 8. The lowest BCUT2D eigenvalue weighted by Crippen LogP contribution is -2.37. The summed E-state index contributed by atoms with van der Waals surface area (Å²) in [6, 6.07) is 19.0. The number of carbonyl (C=O) groups is 3. The Labute approximate surface area is 352 Å². The summed E-state index contributed by atoms with van der Waals surface area (Å²) in [5.74, 6) is -10.2. The van der Waals surface area contributed by atoms with Crippen molar-refractivity contribution in [3.05, 3.63) is 114 Å². The van der Waals surface area contributed by atoms with Crippen molar-refractivity contribution in [2.75, 3.05) is 77.1 Å².